The number of rotatable bonds is 9. The highest BCUT2D eigenvalue weighted by Crippen LogP contribution is 2.59. The second-order valence-corrected chi connectivity index (χ2v) is 12.3. The van der Waals surface area contributed by atoms with Crippen LogP contribution in [0.2, 0.25) is 0 Å². The van der Waals surface area contributed by atoms with Gasteiger partial charge in [0.1, 0.15) is 6.10 Å². The zero-order valence-electron chi connectivity index (χ0n) is 21.6. The Labute approximate surface area is 202 Å². The van der Waals surface area contributed by atoms with Crippen LogP contribution in [0.25, 0.3) is 0 Å². The van der Waals surface area contributed by atoms with Gasteiger partial charge in [-0.25, -0.2) is 4.79 Å². The molecule has 4 aliphatic carbocycles. The first-order valence-electron chi connectivity index (χ1n) is 14.3. The predicted octanol–water partition coefficient (Wildman–Crippen LogP) is 6.69. The number of allylic oxidation sites excluding steroid dienone is 1. The number of amides is 1. The summed E-state index contributed by atoms with van der Waals surface area (Å²) in [5.41, 5.74) is 7.18. The third-order valence-corrected chi connectivity index (χ3v) is 9.71. The Morgan fingerprint density at radius 1 is 1.06 bits per heavy atom. The van der Waals surface area contributed by atoms with Crippen molar-refractivity contribution in [3.05, 3.63) is 11.6 Å². The summed E-state index contributed by atoms with van der Waals surface area (Å²) in [7, 11) is 0. The summed E-state index contributed by atoms with van der Waals surface area (Å²) in [6.07, 6.45) is 17.9. The van der Waals surface area contributed by atoms with Gasteiger partial charge in [0.05, 0.1) is 0 Å². The standard InChI is InChI=1S/C29H50N2O2/c1-19(2)7-4-8-20(3)27-18-22-17-23(33-29(32)31-16-6-15-30)12-14-24(22)26-13-11-21-9-5-10-25(21)28(26)27/h18-21,23-28H,4-17,30H2,1-3H3,(H,31,32)/t20-,21?,23?,24?,25?,26?,27?,28?/m1/s1. The van der Waals surface area contributed by atoms with Gasteiger partial charge in [0.2, 0.25) is 0 Å². The molecular weight excluding hydrogens is 408 g/mol. The van der Waals surface area contributed by atoms with E-state index in [9.17, 15) is 4.79 Å². The van der Waals surface area contributed by atoms with Gasteiger partial charge in [-0.05, 0) is 92.4 Å². The van der Waals surface area contributed by atoms with Crippen molar-refractivity contribution in [1.29, 1.82) is 0 Å². The normalized spacial score (nSPS) is 36.4. The van der Waals surface area contributed by atoms with Crippen molar-refractivity contribution in [2.45, 2.75) is 104 Å². The minimum Gasteiger partial charge on any atom is -0.446 e. The van der Waals surface area contributed by atoms with Gasteiger partial charge in [-0.15, -0.1) is 0 Å². The maximum atomic E-state index is 12.3. The molecular formula is C29H50N2O2. The fourth-order valence-electron chi connectivity index (χ4n) is 8.16. The number of nitrogens with one attached hydrogen (secondary N) is 1. The molecule has 3 saturated carbocycles. The lowest BCUT2D eigenvalue weighted by Crippen LogP contribution is -2.46. The average Bonchev–Trinajstić information content (AvgIpc) is 3.27. The van der Waals surface area contributed by atoms with E-state index < -0.39 is 0 Å². The predicted molar refractivity (Wildman–Crippen MR) is 136 cm³/mol. The van der Waals surface area contributed by atoms with E-state index in [0.29, 0.717) is 13.1 Å². The Kier molecular flexibility index (Phi) is 8.81. The monoisotopic (exact) mass is 458 g/mol. The van der Waals surface area contributed by atoms with Gasteiger partial charge in [-0.2, -0.15) is 0 Å². The van der Waals surface area contributed by atoms with Crippen LogP contribution in [0.15, 0.2) is 11.6 Å². The molecule has 3 fully saturated rings. The number of hydrogen-bond acceptors (Lipinski definition) is 3. The van der Waals surface area contributed by atoms with Crippen LogP contribution in [0.4, 0.5) is 4.79 Å². The first kappa shape index (κ1) is 25.1. The molecule has 4 aliphatic rings. The summed E-state index contributed by atoms with van der Waals surface area (Å²) in [4.78, 5) is 12.3. The zero-order chi connectivity index (χ0) is 23.4. The molecule has 8 atom stereocenters. The van der Waals surface area contributed by atoms with Gasteiger partial charge in [0, 0.05) is 13.0 Å². The minimum atomic E-state index is -0.258. The lowest BCUT2D eigenvalue weighted by Gasteiger charge is -2.53. The molecule has 4 nitrogen and oxygen atoms in total. The molecule has 0 aromatic rings. The molecule has 33 heavy (non-hydrogen) atoms. The maximum Gasteiger partial charge on any atom is 0.407 e. The second-order valence-electron chi connectivity index (χ2n) is 12.3. The van der Waals surface area contributed by atoms with Gasteiger partial charge >= 0.3 is 6.09 Å². The lowest BCUT2D eigenvalue weighted by molar-refractivity contribution is -0.00123. The maximum absolute atomic E-state index is 12.3. The Balaban J connectivity index is 1.47. The van der Waals surface area contributed by atoms with Crippen LogP contribution in [0.3, 0.4) is 0 Å². The van der Waals surface area contributed by atoms with Crippen molar-refractivity contribution in [3.8, 4) is 0 Å². The van der Waals surface area contributed by atoms with E-state index >= 15 is 0 Å². The van der Waals surface area contributed by atoms with Crippen molar-refractivity contribution >= 4 is 6.09 Å². The highest BCUT2D eigenvalue weighted by atomic mass is 16.6. The summed E-state index contributed by atoms with van der Waals surface area (Å²) in [6, 6.07) is 0. The molecule has 1 amide bonds. The Morgan fingerprint density at radius 2 is 1.91 bits per heavy atom. The van der Waals surface area contributed by atoms with E-state index in [-0.39, 0.29) is 12.2 Å². The molecule has 0 spiro atoms. The van der Waals surface area contributed by atoms with E-state index in [1.807, 2.05) is 0 Å². The van der Waals surface area contributed by atoms with Crippen molar-refractivity contribution in [3.63, 3.8) is 0 Å². The average molecular weight is 459 g/mol. The molecule has 0 saturated heterocycles. The minimum absolute atomic E-state index is 0.0432. The SMILES string of the molecule is CC(C)CCC[C@@H](C)C1C=C2CC(OC(=O)NCCCN)CCC2C2CCC3CCCC3C21. The topological polar surface area (TPSA) is 64.3 Å². The molecule has 0 heterocycles. The highest BCUT2D eigenvalue weighted by Gasteiger charge is 2.51. The highest BCUT2D eigenvalue weighted by molar-refractivity contribution is 5.67. The third kappa shape index (κ3) is 5.97. The van der Waals surface area contributed by atoms with Crippen LogP contribution >= 0.6 is 0 Å². The van der Waals surface area contributed by atoms with Crippen LogP contribution in [-0.4, -0.2) is 25.3 Å². The van der Waals surface area contributed by atoms with Gasteiger partial charge in [-0.3, -0.25) is 0 Å². The number of nitrogens with two attached hydrogens (primary N) is 1. The quantitative estimate of drug-likeness (QED) is 0.299. The summed E-state index contributed by atoms with van der Waals surface area (Å²) in [5, 5.41) is 2.87. The lowest BCUT2D eigenvalue weighted by atomic mass is 9.52. The molecule has 188 valence electrons. The molecule has 0 aromatic carbocycles. The zero-order valence-corrected chi connectivity index (χ0v) is 21.6. The summed E-state index contributed by atoms with van der Waals surface area (Å²) < 4.78 is 5.85. The fourth-order valence-corrected chi connectivity index (χ4v) is 8.16. The van der Waals surface area contributed by atoms with E-state index in [4.69, 9.17) is 10.5 Å². The van der Waals surface area contributed by atoms with Crippen LogP contribution in [0.1, 0.15) is 97.8 Å². The summed E-state index contributed by atoms with van der Waals surface area (Å²) in [5.74, 6) is 6.81. The van der Waals surface area contributed by atoms with Crippen molar-refractivity contribution in [1.82, 2.24) is 5.32 Å². The smallest absolute Gasteiger partial charge is 0.407 e. The Bertz CT molecular complexity index is 675. The molecule has 4 rings (SSSR count). The van der Waals surface area contributed by atoms with Crippen LogP contribution in [-0.2, 0) is 4.74 Å². The van der Waals surface area contributed by atoms with E-state index in [0.717, 1.165) is 66.6 Å². The summed E-state index contributed by atoms with van der Waals surface area (Å²) >= 11 is 0. The Hall–Kier alpha value is -1.03. The number of alkyl carbamates (subject to hydrolysis) is 1. The van der Waals surface area contributed by atoms with E-state index in [1.54, 1.807) is 5.57 Å². The molecule has 0 aliphatic heterocycles. The first-order valence-corrected chi connectivity index (χ1v) is 14.3. The number of ether oxygens (including phenoxy) is 1. The third-order valence-electron chi connectivity index (χ3n) is 9.71. The van der Waals surface area contributed by atoms with E-state index in [1.165, 1.54) is 57.8 Å². The molecule has 0 bridgehead atoms. The number of hydrogen-bond donors (Lipinski definition) is 2. The number of carbonyl (C=O) groups is 1. The van der Waals surface area contributed by atoms with Gasteiger partial charge in [0.25, 0.3) is 0 Å². The van der Waals surface area contributed by atoms with Crippen molar-refractivity contribution in [2.24, 2.45) is 53.1 Å². The fraction of sp³-hybridized carbons (Fsp3) is 0.897. The molecule has 0 radical (unpaired) electrons. The largest absolute Gasteiger partial charge is 0.446 e. The Morgan fingerprint density at radius 3 is 2.70 bits per heavy atom. The van der Waals surface area contributed by atoms with Crippen LogP contribution in [0, 0.1) is 47.3 Å². The number of carbonyl (C=O) groups excluding carboxylic acids is 1. The summed E-state index contributed by atoms with van der Waals surface area (Å²) in [6.45, 7) is 8.45. The number of fused-ring (bicyclic) bond motifs is 5. The van der Waals surface area contributed by atoms with Crippen molar-refractivity contribution < 1.29 is 9.53 Å². The van der Waals surface area contributed by atoms with Gasteiger partial charge < -0.3 is 15.8 Å². The van der Waals surface area contributed by atoms with Crippen LogP contribution in [0.5, 0.6) is 0 Å². The van der Waals surface area contributed by atoms with Crippen LogP contribution < -0.4 is 11.1 Å². The first-order chi connectivity index (χ1) is 16.0. The molecule has 7 unspecified atom stereocenters. The second kappa shape index (κ2) is 11.6. The van der Waals surface area contributed by atoms with Gasteiger partial charge in [-0.1, -0.05) is 64.5 Å². The van der Waals surface area contributed by atoms with Gasteiger partial charge in [0.15, 0.2) is 0 Å². The molecule has 0 aromatic heterocycles. The molecule has 4 heteroatoms. The van der Waals surface area contributed by atoms with Crippen molar-refractivity contribution in [2.75, 3.05) is 13.1 Å². The van der Waals surface area contributed by atoms with E-state index in [2.05, 4.69) is 32.2 Å². The molecule has 3 N–H and O–H groups in total.